The average Bonchev–Trinajstić information content (AvgIpc) is 3.22. The summed E-state index contributed by atoms with van der Waals surface area (Å²) in [5.74, 6) is -0.00652. The fourth-order valence-corrected chi connectivity index (χ4v) is 6.85. The maximum absolute atomic E-state index is 12.7. The van der Waals surface area contributed by atoms with Gasteiger partial charge in [-0.2, -0.15) is 0 Å². The number of hydrogen-bond acceptors (Lipinski definition) is 6. The molecule has 5 nitrogen and oxygen atoms in total. The average molecular weight is 712 g/mol. The Bertz CT molecular complexity index is 1630. The third-order valence-electron chi connectivity index (χ3n) is 5.87. The van der Waals surface area contributed by atoms with Crippen molar-refractivity contribution in [2.24, 2.45) is 4.99 Å². The van der Waals surface area contributed by atoms with Crippen LogP contribution in [0.25, 0.3) is 16.8 Å². The van der Waals surface area contributed by atoms with Gasteiger partial charge in [-0.1, -0.05) is 66.4 Å². The zero-order chi connectivity index (χ0) is 27.4. The lowest BCUT2D eigenvalue weighted by molar-refractivity contribution is -0.138. The van der Waals surface area contributed by atoms with E-state index in [1.807, 2.05) is 60.7 Å². The van der Waals surface area contributed by atoms with Crippen molar-refractivity contribution in [1.82, 2.24) is 0 Å². The lowest BCUT2D eigenvalue weighted by Crippen LogP contribution is -2.12. The first-order valence-corrected chi connectivity index (χ1v) is 14.9. The molecule has 5 rings (SSSR count). The van der Waals surface area contributed by atoms with E-state index in [0.717, 1.165) is 24.9 Å². The highest BCUT2D eigenvalue weighted by molar-refractivity contribution is 14.1. The molecule has 0 unspecified atom stereocenters. The van der Waals surface area contributed by atoms with Crippen molar-refractivity contribution in [3.05, 3.63) is 120 Å². The highest BCUT2D eigenvalue weighted by atomic mass is 127. The molecule has 39 heavy (non-hydrogen) atoms. The van der Waals surface area contributed by atoms with Crippen molar-refractivity contribution in [1.29, 1.82) is 0 Å². The van der Waals surface area contributed by atoms with E-state index >= 15 is 0 Å². The zero-order valence-electron chi connectivity index (χ0n) is 20.9. The van der Waals surface area contributed by atoms with Gasteiger partial charge in [-0.25, -0.2) is 9.79 Å². The summed E-state index contributed by atoms with van der Waals surface area (Å²) in [5, 5.41) is 13.8. The predicted octanol–water partition coefficient (Wildman–Crippen LogP) is 8.98. The highest BCUT2D eigenvalue weighted by Crippen LogP contribution is 2.41. The number of para-hydroxylation sites is 1. The molecule has 0 aromatic heterocycles. The molecule has 1 aliphatic heterocycles. The molecule has 1 N–H and O–H groups in total. The van der Waals surface area contributed by atoms with E-state index < -0.39 is 5.97 Å². The number of fused-ring (bicyclic) bond motifs is 1. The minimum absolute atomic E-state index is 0.0704. The third kappa shape index (κ3) is 6.40. The number of rotatable bonds is 7. The molecule has 0 saturated heterocycles. The second-order valence-electron chi connectivity index (χ2n) is 8.59. The van der Waals surface area contributed by atoms with E-state index in [2.05, 4.69) is 73.8 Å². The summed E-state index contributed by atoms with van der Waals surface area (Å²) < 4.78 is 13.1. The predicted molar refractivity (Wildman–Crippen MR) is 171 cm³/mol. The normalized spacial score (nSPS) is 15.4. The molecule has 0 bridgehead atoms. The summed E-state index contributed by atoms with van der Waals surface area (Å²) in [4.78, 5) is 17.8. The first-order valence-electron chi connectivity index (χ1n) is 12.2. The van der Waals surface area contributed by atoms with E-state index in [0.29, 0.717) is 22.2 Å². The van der Waals surface area contributed by atoms with Crippen LogP contribution in [0.15, 0.2) is 111 Å². The molecule has 0 atom stereocenters. The van der Waals surface area contributed by atoms with Crippen molar-refractivity contribution in [3.8, 4) is 5.75 Å². The lowest BCUT2D eigenvalue weighted by atomic mass is 10.1. The SMILES string of the molecule is CCOC(=O)C1=C(O)/C(=C/c2cc(Br)c(OCc3ccc4ccccc4c3)c(I)c2)SC1=Nc1ccccc1. The molecule has 8 heteroatoms. The van der Waals surface area contributed by atoms with Gasteiger partial charge in [0, 0.05) is 0 Å². The van der Waals surface area contributed by atoms with Crippen molar-refractivity contribution in [2.75, 3.05) is 6.61 Å². The highest BCUT2D eigenvalue weighted by Gasteiger charge is 2.33. The summed E-state index contributed by atoms with van der Waals surface area (Å²) in [6, 6.07) is 27.8. The molecule has 4 aromatic rings. The van der Waals surface area contributed by atoms with Gasteiger partial charge < -0.3 is 14.6 Å². The van der Waals surface area contributed by atoms with Gasteiger partial charge in [0.2, 0.25) is 0 Å². The summed E-state index contributed by atoms with van der Waals surface area (Å²) in [7, 11) is 0. The van der Waals surface area contributed by atoms with Crippen molar-refractivity contribution in [2.45, 2.75) is 13.5 Å². The topological polar surface area (TPSA) is 68.1 Å². The molecular formula is C31H23BrINO4S. The minimum atomic E-state index is -0.603. The Morgan fingerprint density at radius 3 is 2.51 bits per heavy atom. The first-order chi connectivity index (χ1) is 18.9. The third-order valence-corrected chi connectivity index (χ3v) is 8.28. The van der Waals surface area contributed by atoms with E-state index in [1.54, 1.807) is 6.92 Å². The molecule has 4 aromatic carbocycles. The van der Waals surface area contributed by atoms with Gasteiger partial charge in [-0.15, -0.1) is 0 Å². The van der Waals surface area contributed by atoms with Crippen LogP contribution < -0.4 is 4.74 Å². The number of ether oxygens (including phenoxy) is 2. The van der Waals surface area contributed by atoms with Gasteiger partial charge in [0.05, 0.1) is 25.2 Å². The van der Waals surface area contributed by atoms with Crippen LogP contribution in [0.1, 0.15) is 18.1 Å². The number of nitrogens with zero attached hydrogens (tertiary/aromatic N) is 1. The quantitative estimate of drug-likeness (QED) is 0.153. The largest absolute Gasteiger partial charge is 0.506 e. The number of hydrogen-bond donors (Lipinski definition) is 1. The first kappa shape index (κ1) is 27.5. The number of benzene rings is 4. The second kappa shape index (κ2) is 12.4. The van der Waals surface area contributed by atoms with Crippen molar-refractivity contribution < 1.29 is 19.4 Å². The van der Waals surface area contributed by atoms with Crippen LogP contribution in [-0.2, 0) is 16.1 Å². The smallest absolute Gasteiger partial charge is 0.344 e. The number of esters is 1. The Kier molecular flexibility index (Phi) is 8.74. The summed E-state index contributed by atoms with van der Waals surface area (Å²) >= 11 is 7.12. The van der Waals surface area contributed by atoms with Gasteiger partial charge in [0.25, 0.3) is 0 Å². The fraction of sp³-hybridized carbons (Fsp3) is 0.0968. The molecule has 0 fully saturated rings. The van der Waals surface area contributed by atoms with Crippen LogP contribution in [0.5, 0.6) is 5.75 Å². The van der Waals surface area contributed by atoms with Crippen LogP contribution in [-0.4, -0.2) is 22.7 Å². The van der Waals surface area contributed by atoms with Gasteiger partial charge in [0.1, 0.15) is 28.7 Å². The van der Waals surface area contributed by atoms with Crippen LogP contribution in [0.2, 0.25) is 0 Å². The number of thioether (sulfide) groups is 1. The van der Waals surface area contributed by atoms with Crippen LogP contribution in [0.3, 0.4) is 0 Å². The molecule has 0 amide bonds. The Labute approximate surface area is 252 Å². The van der Waals surface area contributed by atoms with E-state index in [1.165, 1.54) is 22.5 Å². The van der Waals surface area contributed by atoms with Gasteiger partial charge in [-0.05, 0) is 104 Å². The summed E-state index contributed by atoms with van der Waals surface area (Å²) in [6.45, 7) is 2.36. The number of halogens is 2. The number of aliphatic hydroxyl groups is 1. The monoisotopic (exact) mass is 711 g/mol. The molecule has 0 saturated carbocycles. The van der Waals surface area contributed by atoms with Crippen molar-refractivity contribution in [3.63, 3.8) is 0 Å². The van der Waals surface area contributed by atoms with E-state index in [9.17, 15) is 9.90 Å². The Balaban J connectivity index is 1.40. The number of carbonyl (C=O) groups is 1. The van der Waals surface area contributed by atoms with Crippen LogP contribution in [0, 0.1) is 3.57 Å². The molecule has 0 spiro atoms. The van der Waals surface area contributed by atoms with Crippen LogP contribution >= 0.6 is 50.3 Å². The van der Waals surface area contributed by atoms with E-state index in [-0.39, 0.29) is 17.9 Å². The molecule has 0 radical (unpaired) electrons. The second-order valence-corrected chi connectivity index (χ2v) is 11.6. The van der Waals surface area contributed by atoms with Crippen LogP contribution in [0.4, 0.5) is 5.69 Å². The number of aliphatic hydroxyl groups excluding tert-OH is 1. The molecule has 1 heterocycles. The lowest BCUT2D eigenvalue weighted by Gasteiger charge is -2.12. The Hall–Kier alpha value is -3.08. The Morgan fingerprint density at radius 2 is 1.77 bits per heavy atom. The molecule has 196 valence electrons. The fourth-order valence-electron chi connectivity index (χ4n) is 4.05. The van der Waals surface area contributed by atoms with Gasteiger partial charge in [-0.3, -0.25) is 0 Å². The number of aliphatic imine (C=N–C) groups is 1. The molecule has 0 aliphatic carbocycles. The number of carbonyl (C=O) groups excluding carboxylic acids is 1. The van der Waals surface area contributed by atoms with E-state index in [4.69, 9.17) is 9.47 Å². The Morgan fingerprint density at radius 1 is 1.03 bits per heavy atom. The molecule has 1 aliphatic rings. The summed E-state index contributed by atoms with van der Waals surface area (Å²) in [5.41, 5.74) is 2.67. The van der Waals surface area contributed by atoms with Gasteiger partial charge in [0.15, 0.2) is 0 Å². The van der Waals surface area contributed by atoms with Gasteiger partial charge >= 0.3 is 5.97 Å². The zero-order valence-corrected chi connectivity index (χ0v) is 25.4. The van der Waals surface area contributed by atoms with Crippen molar-refractivity contribution >= 4 is 83.8 Å². The minimum Gasteiger partial charge on any atom is -0.506 e. The standard InChI is InChI=1S/C31H23BrINO4S/c1-2-37-31(36)27-28(35)26(39-30(27)34-23-10-4-3-5-11-23)17-20-15-24(32)29(25(33)16-20)38-18-19-12-13-21-8-6-7-9-22(21)14-19/h3-17,35H,2,18H2,1H3/b26-17-,34-30?. The maximum Gasteiger partial charge on any atom is 0.344 e. The summed E-state index contributed by atoms with van der Waals surface area (Å²) in [6.07, 6.45) is 1.83. The molecular weight excluding hydrogens is 689 g/mol. The maximum atomic E-state index is 12.7.